The minimum absolute atomic E-state index is 0.131. The smallest absolute Gasteiger partial charge is 0.293 e. The molecule has 0 atom stereocenters. The summed E-state index contributed by atoms with van der Waals surface area (Å²) in [7, 11) is -1.93. The zero-order chi connectivity index (χ0) is 20.4. The Kier molecular flexibility index (Phi) is 5.15. The number of amides is 1. The Balaban J connectivity index is 1.56. The molecular formula is C22H21NO5S. The van der Waals surface area contributed by atoms with Crippen LogP contribution in [0.5, 0.6) is 5.75 Å². The van der Waals surface area contributed by atoms with Gasteiger partial charge in [0.05, 0.1) is 12.0 Å². The van der Waals surface area contributed by atoms with Crippen LogP contribution in [0.2, 0.25) is 0 Å². The van der Waals surface area contributed by atoms with Gasteiger partial charge in [0.15, 0.2) is 15.6 Å². The lowest BCUT2D eigenvalue weighted by molar-refractivity contribution is 0.0957. The summed E-state index contributed by atoms with van der Waals surface area (Å²) in [4.78, 5) is 14.9. The molecule has 0 unspecified atom stereocenters. The molecule has 1 amide bonds. The van der Waals surface area contributed by atoms with E-state index in [-0.39, 0.29) is 28.1 Å². The number of carbonyl (C=O) groups excluding carboxylic acids is 1. The minimum Gasteiger partial charge on any atom is -0.497 e. The number of carbonyl (C=O) groups is 1. The third kappa shape index (κ3) is 3.91. The van der Waals surface area contributed by atoms with Crippen LogP contribution < -0.4 is 9.64 Å². The Bertz CT molecular complexity index is 1140. The van der Waals surface area contributed by atoms with Crippen LogP contribution in [-0.2, 0) is 22.0 Å². The van der Waals surface area contributed by atoms with Gasteiger partial charge in [0, 0.05) is 12.2 Å². The molecule has 2 aromatic carbocycles. The van der Waals surface area contributed by atoms with E-state index in [1.54, 1.807) is 48.4 Å². The number of sulfone groups is 1. The maximum Gasteiger partial charge on any atom is 0.293 e. The highest BCUT2D eigenvalue weighted by Gasteiger charge is 2.27. The first-order valence-electron chi connectivity index (χ1n) is 9.33. The number of benzene rings is 2. The molecular weight excluding hydrogens is 390 g/mol. The molecule has 0 saturated carbocycles. The summed E-state index contributed by atoms with van der Waals surface area (Å²) >= 11 is 0. The van der Waals surface area contributed by atoms with Crippen LogP contribution >= 0.6 is 0 Å². The van der Waals surface area contributed by atoms with Crippen LogP contribution in [0.25, 0.3) is 0 Å². The Morgan fingerprint density at radius 1 is 1.10 bits per heavy atom. The summed E-state index contributed by atoms with van der Waals surface area (Å²) in [6, 6.07) is 16.9. The average molecular weight is 411 g/mol. The van der Waals surface area contributed by atoms with Crippen molar-refractivity contribution in [3.05, 3.63) is 77.7 Å². The van der Waals surface area contributed by atoms with E-state index in [2.05, 4.69) is 0 Å². The molecule has 3 aromatic rings. The van der Waals surface area contributed by atoms with Gasteiger partial charge >= 0.3 is 0 Å². The predicted molar refractivity (Wildman–Crippen MR) is 109 cm³/mol. The van der Waals surface area contributed by atoms with Crippen LogP contribution in [0.1, 0.15) is 28.3 Å². The van der Waals surface area contributed by atoms with Crippen molar-refractivity contribution in [1.82, 2.24) is 0 Å². The number of furan rings is 1. The Hall–Kier alpha value is -3.06. The Morgan fingerprint density at radius 2 is 1.90 bits per heavy atom. The molecule has 1 aliphatic heterocycles. The van der Waals surface area contributed by atoms with Crippen molar-refractivity contribution in [1.29, 1.82) is 0 Å². The quantitative estimate of drug-likeness (QED) is 0.637. The van der Waals surface area contributed by atoms with Crippen molar-refractivity contribution in [3.8, 4) is 5.75 Å². The summed E-state index contributed by atoms with van der Waals surface area (Å²) in [6.45, 7) is 0.580. The fourth-order valence-electron chi connectivity index (χ4n) is 3.51. The molecule has 150 valence electrons. The normalized spacial score (nSPS) is 13.8. The molecule has 1 aromatic heterocycles. The number of hydrogen-bond donors (Lipinski definition) is 0. The van der Waals surface area contributed by atoms with Crippen molar-refractivity contribution < 1.29 is 22.4 Å². The molecule has 2 heterocycles. The second-order valence-electron chi connectivity index (χ2n) is 6.89. The first kappa shape index (κ1) is 19.3. The molecule has 0 aliphatic carbocycles. The lowest BCUT2D eigenvalue weighted by atomic mass is 10.0. The summed E-state index contributed by atoms with van der Waals surface area (Å²) < 4.78 is 36.0. The molecule has 6 nitrogen and oxygen atoms in total. The third-order valence-electron chi connectivity index (χ3n) is 4.96. The van der Waals surface area contributed by atoms with Crippen LogP contribution in [0, 0.1) is 0 Å². The fraction of sp³-hybridized carbons (Fsp3) is 0.227. The molecule has 4 rings (SSSR count). The summed E-state index contributed by atoms with van der Waals surface area (Å²) in [5, 5.41) is 0. The number of anilines is 1. The lowest BCUT2D eigenvalue weighted by Gasteiger charge is -2.29. The zero-order valence-electron chi connectivity index (χ0n) is 16.0. The van der Waals surface area contributed by atoms with Gasteiger partial charge in [-0.05, 0) is 60.9 Å². The Morgan fingerprint density at radius 3 is 2.66 bits per heavy atom. The number of nitrogens with zero attached hydrogens (tertiary/aromatic N) is 1. The van der Waals surface area contributed by atoms with Crippen molar-refractivity contribution in [2.24, 2.45) is 0 Å². The first-order chi connectivity index (χ1) is 14.0. The fourth-order valence-corrected chi connectivity index (χ4v) is 4.78. The van der Waals surface area contributed by atoms with Gasteiger partial charge in [-0.3, -0.25) is 4.79 Å². The summed E-state index contributed by atoms with van der Waals surface area (Å²) in [5.41, 5.74) is 1.87. The highest BCUT2D eigenvalue weighted by Crippen LogP contribution is 2.32. The average Bonchev–Trinajstić information content (AvgIpc) is 3.20. The van der Waals surface area contributed by atoms with E-state index >= 15 is 0 Å². The molecule has 7 heteroatoms. The van der Waals surface area contributed by atoms with Gasteiger partial charge in [0.25, 0.3) is 5.91 Å². The van der Waals surface area contributed by atoms with Crippen molar-refractivity contribution in [2.75, 3.05) is 18.6 Å². The monoisotopic (exact) mass is 411 g/mol. The van der Waals surface area contributed by atoms with Gasteiger partial charge in [-0.1, -0.05) is 18.2 Å². The first-order valence-corrected chi connectivity index (χ1v) is 11.0. The summed E-state index contributed by atoms with van der Waals surface area (Å²) in [6.07, 6.45) is 1.71. The third-order valence-corrected chi connectivity index (χ3v) is 6.61. The highest BCUT2D eigenvalue weighted by molar-refractivity contribution is 7.90. The Labute approximate surface area is 169 Å². The number of aryl methyl sites for hydroxylation is 1. The predicted octanol–water partition coefficient (Wildman–Crippen LogP) is 3.86. The van der Waals surface area contributed by atoms with Crippen molar-refractivity contribution in [2.45, 2.75) is 23.5 Å². The number of methoxy groups -OCH3 is 1. The molecule has 0 radical (unpaired) electrons. The van der Waals surface area contributed by atoms with Gasteiger partial charge in [0.1, 0.15) is 17.3 Å². The zero-order valence-corrected chi connectivity index (χ0v) is 16.8. The van der Waals surface area contributed by atoms with E-state index in [1.807, 2.05) is 18.2 Å². The number of hydrogen-bond acceptors (Lipinski definition) is 5. The molecule has 0 fully saturated rings. The highest BCUT2D eigenvalue weighted by atomic mass is 32.2. The molecule has 0 N–H and O–H groups in total. The van der Waals surface area contributed by atoms with Gasteiger partial charge in [-0.15, -0.1) is 0 Å². The molecule has 0 spiro atoms. The SMILES string of the molecule is COc1ccc2c(c1)CCCN2C(=O)c1ccc(CS(=O)(=O)c2ccccc2)o1. The van der Waals surface area contributed by atoms with Crippen molar-refractivity contribution in [3.63, 3.8) is 0 Å². The van der Waals surface area contributed by atoms with E-state index in [9.17, 15) is 13.2 Å². The minimum atomic E-state index is -3.54. The second-order valence-corrected chi connectivity index (χ2v) is 8.88. The second kappa shape index (κ2) is 7.75. The van der Waals surface area contributed by atoms with Crippen LogP contribution in [0.3, 0.4) is 0 Å². The van der Waals surface area contributed by atoms with E-state index in [4.69, 9.17) is 9.15 Å². The standard InChI is InChI=1S/C22H21NO5S/c1-27-17-9-11-20-16(14-17)6-5-13-23(20)22(24)21-12-10-18(28-21)15-29(25,26)19-7-3-2-4-8-19/h2-4,7-12,14H,5-6,13,15H2,1H3. The van der Waals surface area contributed by atoms with E-state index in [1.165, 1.54) is 6.07 Å². The van der Waals surface area contributed by atoms with E-state index in [0.717, 1.165) is 29.8 Å². The summed E-state index contributed by atoms with van der Waals surface area (Å²) in [5.74, 6) is 0.554. The van der Waals surface area contributed by atoms with Crippen LogP contribution in [0.15, 0.2) is 70.0 Å². The topological polar surface area (TPSA) is 76.8 Å². The van der Waals surface area contributed by atoms with Gasteiger partial charge in [-0.2, -0.15) is 0 Å². The number of rotatable bonds is 5. The maximum atomic E-state index is 13.0. The molecule has 29 heavy (non-hydrogen) atoms. The van der Waals surface area contributed by atoms with Gasteiger partial charge < -0.3 is 14.1 Å². The number of ether oxygens (including phenoxy) is 1. The van der Waals surface area contributed by atoms with E-state index in [0.29, 0.717) is 6.54 Å². The van der Waals surface area contributed by atoms with E-state index < -0.39 is 9.84 Å². The van der Waals surface area contributed by atoms with Gasteiger partial charge in [0.2, 0.25) is 0 Å². The molecule has 1 aliphatic rings. The molecule has 0 bridgehead atoms. The van der Waals surface area contributed by atoms with Crippen LogP contribution in [0.4, 0.5) is 5.69 Å². The largest absolute Gasteiger partial charge is 0.497 e. The van der Waals surface area contributed by atoms with Crippen LogP contribution in [-0.4, -0.2) is 28.0 Å². The molecule has 0 saturated heterocycles. The van der Waals surface area contributed by atoms with Crippen molar-refractivity contribution >= 4 is 21.4 Å². The maximum absolute atomic E-state index is 13.0. The number of fused-ring (bicyclic) bond motifs is 1. The lowest BCUT2D eigenvalue weighted by Crippen LogP contribution is -2.35. The van der Waals surface area contributed by atoms with Gasteiger partial charge in [-0.25, -0.2) is 8.42 Å².